The molecule has 1 saturated carbocycles. The molecule has 0 saturated heterocycles. The molecule has 0 unspecified atom stereocenters. The number of aliphatic carboxylic acids is 1. The molecule has 0 radical (unpaired) electrons. The van der Waals surface area contributed by atoms with Crippen LogP contribution in [-0.2, 0) is 22.0 Å². The Morgan fingerprint density at radius 3 is 2.24 bits per heavy atom. The van der Waals surface area contributed by atoms with E-state index in [-0.39, 0.29) is 24.4 Å². The van der Waals surface area contributed by atoms with E-state index in [9.17, 15) is 14.7 Å². The minimum atomic E-state index is -0.787. The molecule has 180 valence electrons. The number of aromatic nitrogens is 3. The van der Waals surface area contributed by atoms with Gasteiger partial charge in [0.05, 0.1) is 17.3 Å². The van der Waals surface area contributed by atoms with E-state index in [2.05, 4.69) is 15.4 Å². The van der Waals surface area contributed by atoms with Gasteiger partial charge in [0, 0.05) is 24.4 Å². The lowest BCUT2D eigenvalue weighted by atomic mass is 9.97. The van der Waals surface area contributed by atoms with Crippen LogP contribution in [-0.4, -0.2) is 38.0 Å². The topological polar surface area (TPSA) is 106 Å². The monoisotopic (exact) mass is 484 g/mol. The zero-order valence-electron chi connectivity index (χ0n) is 19.6. The SMILES string of the molecule is CC(C)[C@@H](C)OC(=O)Nc1c(-c2ccc(-c3ccc(C4(C(=O)O)CC4)cn3)cc2)cnn1C.Cl. The third kappa shape index (κ3) is 4.92. The first-order valence-electron chi connectivity index (χ1n) is 11.0. The largest absolute Gasteiger partial charge is 0.481 e. The molecular formula is C25H29ClN4O4. The minimum Gasteiger partial charge on any atom is -0.481 e. The molecule has 2 heterocycles. The highest BCUT2D eigenvalue weighted by atomic mass is 35.5. The van der Waals surface area contributed by atoms with Crippen LogP contribution in [0.15, 0.2) is 48.8 Å². The second kappa shape index (κ2) is 9.85. The van der Waals surface area contributed by atoms with Crippen molar-refractivity contribution in [3.63, 3.8) is 0 Å². The third-order valence-corrected chi connectivity index (χ3v) is 6.36. The highest BCUT2D eigenvalue weighted by Crippen LogP contribution is 2.48. The van der Waals surface area contributed by atoms with E-state index in [1.807, 2.05) is 57.2 Å². The fourth-order valence-corrected chi connectivity index (χ4v) is 3.65. The number of anilines is 1. The van der Waals surface area contributed by atoms with E-state index in [1.54, 1.807) is 24.1 Å². The minimum absolute atomic E-state index is 0. The molecule has 1 aliphatic rings. The lowest BCUT2D eigenvalue weighted by Crippen LogP contribution is -2.25. The molecule has 3 aromatic rings. The van der Waals surface area contributed by atoms with Gasteiger partial charge in [-0.3, -0.25) is 19.8 Å². The third-order valence-electron chi connectivity index (χ3n) is 6.36. The number of benzene rings is 1. The van der Waals surface area contributed by atoms with Crippen LogP contribution < -0.4 is 5.32 Å². The zero-order chi connectivity index (χ0) is 23.8. The van der Waals surface area contributed by atoms with Gasteiger partial charge in [0.2, 0.25) is 0 Å². The summed E-state index contributed by atoms with van der Waals surface area (Å²) in [6.45, 7) is 5.85. The molecule has 0 bridgehead atoms. The molecule has 4 rings (SSSR count). The summed E-state index contributed by atoms with van der Waals surface area (Å²) >= 11 is 0. The van der Waals surface area contributed by atoms with Crippen molar-refractivity contribution >= 4 is 30.3 Å². The second-order valence-electron chi connectivity index (χ2n) is 8.91. The Morgan fingerprint density at radius 2 is 1.71 bits per heavy atom. The van der Waals surface area contributed by atoms with Gasteiger partial charge < -0.3 is 9.84 Å². The maximum atomic E-state index is 12.3. The number of carboxylic acids is 1. The second-order valence-corrected chi connectivity index (χ2v) is 8.91. The summed E-state index contributed by atoms with van der Waals surface area (Å²) in [6, 6.07) is 11.5. The predicted octanol–water partition coefficient (Wildman–Crippen LogP) is 5.28. The molecule has 9 heteroatoms. The van der Waals surface area contributed by atoms with Gasteiger partial charge in [0.15, 0.2) is 0 Å². The van der Waals surface area contributed by atoms with E-state index >= 15 is 0 Å². The summed E-state index contributed by atoms with van der Waals surface area (Å²) in [5.74, 6) is -0.0182. The Balaban J connectivity index is 0.00000324. The fourth-order valence-electron chi connectivity index (χ4n) is 3.65. The van der Waals surface area contributed by atoms with E-state index in [1.165, 1.54) is 0 Å². The highest BCUT2D eigenvalue weighted by Gasteiger charge is 2.51. The van der Waals surface area contributed by atoms with Gasteiger partial charge in [-0.1, -0.05) is 44.2 Å². The number of halogens is 1. The van der Waals surface area contributed by atoms with Crippen molar-refractivity contribution in [3.05, 3.63) is 54.4 Å². The van der Waals surface area contributed by atoms with E-state index < -0.39 is 17.5 Å². The van der Waals surface area contributed by atoms with Crippen LogP contribution in [0.1, 0.15) is 39.2 Å². The first-order valence-corrected chi connectivity index (χ1v) is 11.0. The number of aryl methyl sites for hydroxylation is 1. The molecule has 2 N–H and O–H groups in total. The highest BCUT2D eigenvalue weighted by molar-refractivity contribution is 5.90. The molecular weight excluding hydrogens is 456 g/mol. The van der Waals surface area contributed by atoms with Crippen LogP contribution in [0, 0.1) is 5.92 Å². The van der Waals surface area contributed by atoms with Gasteiger partial charge in [-0.15, -0.1) is 12.4 Å². The fraction of sp³-hybridized carbons (Fsp3) is 0.360. The Bertz CT molecular complexity index is 1170. The van der Waals surface area contributed by atoms with Gasteiger partial charge in [-0.2, -0.15) is 5.10 Å². The number of rotatable bonds is 7. The molecule has 1 aliphatic carbocycles. The van der Waals surface area contributed by atoms with E-state index in [0.717, 1.165) is 27.9 Å². The zero-order valence-corrected chi connectivity index (χ0v) is 20.4. The molecule has 1 fully saturated rings. The van der Waals surface area contributed by atoms with Gasteiger partial charge >= 0.3 is 12.1 Å². The van der Waals surface area contributed by atoms with Gasteiger partial charge in [0.25, 0.3) is 0 Å². The average molecular weight is 485 g/mol. The average Bonchev–Trinajstić information content (AvgIpc) is 3.54. The van der Waals surface area contributed by atoms with Crippen molar-refractivity contribution in [2.75, 3.05) is 5.32 Å². The quantitative estimate of drug-likeness (QED) is 0.472. The molecule has 8 nitrogen and oxygen atoms in total. The molecule has 1 amide bonds. The lowest BCUT2D eigenvalue weighted by Gasteiger charge is -2.17. The Kier molecular flexibility index (Phi) is 7.31. The van der Waals surface area contributed by atoms with Crippen LogP contribution in [0.25, 0.3) is 22.4 Å². The molecule has 34 heavy (non-hydrogen) atoms. The van der Waals surface area contributed by atoms with Crippen molar-refractivity contribution in [1.82, 2.24) is 14.8 Å². The Morgan fingerprint density at radius 1 is 1.06 bits per heavy atom. The number of pyridine rings is 1. The van der Waals surface area contributed by atoms with Gasteiger partial charge in [-0.05, 0) is 42.9 Å². The maximum absolute atomic E-state index is 12.3. The summed E-state index contributed by atoms with van der Waals surface area (Å²) in [6.07, 6.45) is 3.95. The van der Waals surface area contributed by atoms with E-state index in [4.69, 9.17) is 4.74 Å². The summed E-state index contributed by atoms with van der Waals surface area (Å²) in [4.78, 5) is 28.3. The lowest BCUT2D eigenvalue weighted by molar-refractivity contribution is -0.140. The number of amides is 1. The summed E-state index contributed by atoms with van der Waals surface area (Å²) in [5.41, 5.74) is 3.33. The van der Waals surface area contributed by atoms with Crippen LogP contribution >= 0.6 is 12.4 Å². The number of ether oxygens (including phenoxy) is 1. The standard InChI is InChI=1S/C25H28N4O4.ClH/c1-15(2)16(3)33-24(32)28-22-20(14-27-29(22)4)17-5-7-18(8-6-17)21-10-9-19(13-26-21)25(11-12-25)23(30)31;/h5-10,13-16H,11-12H2,1-4H3,(H,28,32)(H,30,31);1H/t16-;/m1./s1. The van der Waals surface area contributed by atoms with E-state index in [0.29, 0.717) is 18.7 Å². The maximum Gasteiger partial charge on any atom is 0.413 e. The molecule has 1 atom stereocenters. The first-order chi connectivity index (χ1) is 15.7. The number of hydrogen-bond acceptors (Lipinski definition) is 5. The Hall–Kier alpha value is -3.39. The van der Waals surface area contributed by atoms with Crippen LogP contribution in [0.5, 0.6) is 0 Å². The van der Waals surface area contributed by atoms with Crippen molar-refractivity contribution in [2.45, 2.75) is 45.1 Å². The van der Waals surface area contributed by atoms with Crippen LogP contribution in [0.4, 0.5) is 10.6 Å². The predicted molar refractivity (Wildman–Crippen MR) is 132 cm³/mol. The summed E-state index contributed by atoms with van der Waals surface area (Å²) < 4.78 is 7.02. The van der Waals surface area contributed by atoms with Crippen molar-refractivity contribution < 1.29 is 19.4 Å². The van der Waals surface area contributed by atoms with Crippen molar-refractivity contribution in [1.29, 1.82) is 0 Å². The number of nitrogens with zero attached hydrogens (tertiary/aromatic N) is 3. The summed E-state index contributed by atoms with van der Waals surface area (Å²) in [5, 5.41) is 16.5. The van der Waals surface area contributed by atoms with Crippen LogP contribution in [0.2, 0.25) is 0 Å². The Labute approximate surface area is 204 Å². The number of carbonyl (C=O) groups excluding carboxylic acids is 1. The van der Waals surface area contributed by atoms with Crippen molar-refractivity contribution in [3.8, 4) is 22.4 Å². The number of carboxylic acid groups (broad SMARTS) is 1. The molecule has 1 aromatic carbocycles. The van der Waals surface area contributed by atoms with Crippen LogP contribution in [0.3, 0.4) is 0 Å². The number of carbonyl (C=O) groups is 2. The van der Waals surface area contributed by atoms with Gasteiger partial charge in [0.1, 0.15) is 11.9 Å². The van der Waals surface area contributed by atoms with Gasteiger partial charge in [-0.25, -0.2) is 4.79 Å². The first kappa shape index (κ1) is 25.2. The normalized spacial score (nSPS) is 14.7. The molecule has 0 aliphatic heterocycles. The summed E-state index contributed by atoms with van der Waals surface area (Å²) in [7, 11) is 1.76. The van der Waals surface area contributed by atoms with Crippen molar-refractivity contribution in [2.24, 2.45) is 13.0 Å². The molecule has 0 spiro atoms. The smallest absolute Gasteiger partial charge is 0.413 e. The molecule has 2 aromatic heterocycles. The number of hydrogen-bond donors (Lipinski definition) is 2. The number of nitrogens with one attached hydrogen (secondary N) is 1.